The number of nitrogens with one attached hydrogen (secondary N) is 2. The van der Waals surface area contributed by atoms with Crippen LogP contribution in [0.3, 0.4) is 0 Å². The number of likely N-dealkylation sites (N-methyl/N-ethyl adjacent to an activating group) is 1. The zero-order valence-corrected chi connectivity index (χ0v) is 17.4. The van der Waals surface area contributed by atoms with Gasteiger partial charge in [-0.3, -0.25) is 4.99 Å². The number of hydrogen-bond acceptors (Lipinski definition) is 5. The Morgan fingerprint density at radius 2 is 1.93 bits per heavy atom. The Labute approximate surface area is 162 Å². The molecule has 1 aliphatic heterocycles. The molecule has 1 aromatic rings. The largest absolute Gasteiger partial charge is 0.383 e. The highest BCUT2D eigenvalue weighted by Gasteiger charge is 2.29. The smallest absolute Gasteiger partial charge is 0.243 e. The average Bonchev–Trinajstić information content (AvgIpc) is 2.66. The maximum Gasteiger partial charge on any atom is 0.243 e. The molecule has 1 fully saturated rings. The van der Waals surface area contributed by atoms with Gasteiger partial charge >= 0.3 is 0 Å². The second-order valence-corrected chi connectivity index (χ2v) is 8.65. The second-order valence-electron chi connectivity index (χ2n) is 6.74. The van der Waals surface area contributed by atoms with Crippen molar-refractivity contribution < 1.29 is 13.2 Å². The molecule has 1 unspecified atom stereocenters. The molecule has 1 aliphatic rings. The summed E-state index contributed by atoms with van der Waals surface area (Å²) in [6.07, 6.45) is 0. The molecule has 2 rings (SSSR count). The minimum Gasteiger partial charge on any atom is -0.383 e. The molecule has 152 valence electrons. The van der Waals surface area contributed by atoms with Crippen LogP contribution in [0.5, 0.6) is 0 Å². The van der Waals surface area contributed by atoms with E-state index < -0.39 is 10.0 Å². The molecule has 1 atom stereocenters. The number of aliphatic imine (C=N–C) groups is 1. The zero-order valence-electron chi connectivity index (χ0n) is 16.6. The highest BCUT2D eigenvalue weighted by molar-refractivity contribution is 7.89. The second kappa shape index (κ2) is 10.0. The summed E-state index contributed by atoms with van der Waals surface area (Å²) in [5.74, 6) is 0.603. The van der Waals surface area contributed by atoms with Crippen molar-refractivity contribution in [1.29, 1.82) is 0 Å². The van der Waals surface area contributed by atoms with E-state index in [9.17, 15) is 8.42 Å². The molecule has 0 spiro atoms. The van der Waals surface area contributed by atoms with Gasteiger partial charge in [0, 0.05) is 52.9 Å². The first-order valence-corrected chi connectivity index (χ1v) is 10.5. The minimum absolute atomic E-state index is 0.0884. The molecular formula is C18H31N5O3S. The molecule has 0 aliphatic carbocycles. The summed E-state index contributed by atoms with van der Waals surface area (Å²) in [4.78, 5) is 6.67. The van der Waals surface area contributed by atoms with Crippen molar-refractivity contribution in [2.75, 3.05) is 54.0 Å². The van der Waals surface area contributed by atoms with Crippen LogP contribution >= 0.6 is 0 Å². The summed E-state index contributed by atoms with van der Waals surface area (Å²) in [5.41, 5.74) is 0.721. The summed E-state index contributed by atoms with van der Waals surface area (Å²) in [6, 6.07) is 7.21. The lowest BCUT2D eigenvalue weighted by atomic mass is 10.2. The molecule has 0 saturated carbocycles. The SMILES string of the molecule is CN=C(NCc1ccccc1S(=O)(=O)N1CCN(C)CC1)NC(C)COC. The van der Waals surface area contributed by atoms with E-state index in [1.54, 1.807) is 30.6 Å². The molecule has 1 aromatic carbocycles. The van der Waals surface area contributed by atoms with Crippen LogP contribution in [-0.2, 0) is 21.3 Å². The number of rotatable bonds is 7. The summed E-state index contributed by atoms with van der Waals surface area (Å²) in [7, 11) is 1.82. The Hall–Kier alpha value is -1.68. The average molecular weight is 398 g/mol. The fourth-order valence-corrected chi connectivity index (χ4v) is 4.61. The molecule has 8 nitrogen and oxygen atoms in total. The van der Waals surface area contributed by atoms with Gasteiger partial charge in [0.1, 0.15) is 0 Å². The van der Waals surface area contributed by atoms with Crippen molar-refractivity contribution in [3.63, 3.8) is 0 Å². The van der Waals surface area contributed by atoms with Crippen molar-refractivity contribution >= 4 is 16.0 Å². The van der Waals surface area contributed by atoms with Gasteiger partial charge in [0.15, 0.2) is 5.96 Å². The summed E-state index contributed by atoms with van der Waals surface area (Å²) >= 11 is 0. The van der Waals surface area contributed by atoms with Gasteiger partial charge < -0.3 is 20.3 Å². The molecule has 27 heavy (non-hydrogen) atoms. The predicted molar refractivity (Wildman–Crippen MR) is 107 cm³/mol. The van der Waals surface area contributed by atoms with E-state index >= 15 is 0 Å². The van der Waals surface area contributed by atoms with Gasteiger partial charge in [-0.2, -0.15) is 4.31 Å². The molecule has 2 N–H and O–H groups in total. The third-order valence-electron chi connectivity index (χ3n) is 4.52. The number of benzene rings is 1. The van der Waals surface area contributed by atoms with Crippen molar-refractivity contribution in [2.24, 2.45) is 4.99 Å². The van der Waals surface area contributed by atoms with Crippen LogP contribution in [-0.4, -0.2) is 83.6 Å². The van der Waals surface area contributed by atoms with Gasteiger partial charge in [0.2, 0.25) is 10.0 Å². The predicted octanol–water partition coefficient (Wildman–Crippen LogP) is 0.323. The van der Waals surface area contributed by atoms with Crippen LogP contribution in [0.1, 0.15) is 12.5 Å². The molecular weight excluding hydrogens is 366 g/mol. The molecule has 0 aromatic heterocycles. The van der Waals surface area contributed by atoms with E-state index in [0.717, 1.165) is 18.7 Å². The zero-order chi connectivity index (χ0) is 19.9. The Kier molecular flexibility index (Phi) is 8.03. The monoisotopic (exact) mass is 397 g/mol. The highest BCUT2D eigenvalue weighted by atomic mass is 32.2. The van der Waals surface area contributed by atoms with Gasteiger partial charge in [-0.1, -0.05) is 18.2 Å². The van der Waals surface area contributed by atoms with Gasteiger partial charge in [0.25, 0.3) is 0 Å². The van der Waals surface area contributed by atoms with Gasteiger partial charge in [-0.05, 0) is 25.6 Å². The maximum atomic E-state index is 13.1. The number of methoxy groups -OCH3 is 1. The Morgan fingerprint density at radius 3 is 2.56 bits per heavy atom. The third-order valence-corrected chi connectivity index (χ3v) is 6.52. The Balaban J connectivity index is 2.11. The maximum absolute atomic E-state index is 13.1. The summed E-state index contributed by atoms with van der Waals surface area (Å²) in [6.45, 7) is 5.41. The van der Waals surface area contributed by atoms with E-state index in [1.807, 2.05) is 26.1 Å². The third kappa shape index (κ3) is 5.90. The van der Waals surface area contributed by atoms with E-state index in [4.69, 9.17) is 4.74 Å². The topological polar surface area (TPSA) is 86.3 Å². The number of guanidine groups is 1. The van der Waals surface area contributed by atoms with Crippen molar-refractivity contribution in [2.45, 2.75) is 24.4 Å². The number of piperazine rings is 1. The highest BCUT2D eigenvalue weighted by Crippen LogP contribution is 2.21. The fourth-order valence-electron chi connectivity index (χ4n) is 2.97. The molecule has 0 bridgehead atoms. The first-order chi connectivity index (χ1) is 12.9. The van der Waals surface area contributed by atoms with Crippen molar-refractivity contribution in [1.82, 2.24) is 19.8 Å². The van der Waals surface area contributed by atoms with Crippen LogP contribution in [0.2, 0.25) is 0 Å². The molecule has 9 heteroatoms. The molecule has 1 saturated heterocycles. The van der Waals surface area contributed by atoms with Crippen molar-refractivity contribution in [3.05, 3.63) is 29.8 Å². The number of sulfonamides is 1. The molecule has 0 amide bonds. The molecule has 0 radical (unpaired) electrons. The van der Waals surface area contributed by atoms with Gasteiger partial charge in [-0.25, -0.2) is 8.42 Å². The van der Waals surface area contributed by atoms with Crippen molar-refractivity contribution in [3.8, 4) is 0 Å². The lowest BCUT2D eigenvalue weighted by Crippen LogP contribution is -2.47. The van der Waals surface area contributed by atoms with E-state index in [1.165, 1.54) is 0 Å². The van der Waals surface area contributed by atoms with Gasteiger partial charge in [-0.15, -0.1) is 0 Å². The number of nitrogens with zero attached hydrogens (tertiary/aromatic N) is 3. The lowest BCUT2D eigenvalue weighted by molar-refractivity contribution is 0.179. The first kappa shape index (κ1) is 21.6. The van der Waals surface area contributed by atoms with Gasteiger partial charge in [0.05, 0.1) is 11.5 Å². The van der Waals surface area contributed by atoms with Crippen LogP contribution in [0, 0.1) is 0 Å². The van der Waals surface area contributed by atoms with E-state index in [2.05, 4.69) is 20.5 Å². The van der Waals surface area contributed by atoms with Crippen LogP contribution in [0.25, 0.3) is 0 Å². The minimum atomic E-state index is -3.52. The first-order valence-electron chi connectivity index (χ1n) is 9.11. The number of ether oxygens (including phenoxy) is 1. The summed E-state index contributed by atoms with van der Waals surface area (Å²) in [5, 5.41) is 6.40. The van der Waals surface area contributed by atoms with Crippen LogP contribution in [0.15, 0.2) is 34.2 Å². The standard InChI is InChI=1S/C18H31N5O3S/c1-15(14-26-4)21-18(19-2)20-13-16-7-5-6-8-17(16)27(24,25)23-11-9-22(3)10-12-23/h5-8,15H,9-14H2,1-4H3,(H2,19,20,21). The number of hydrogen-bond donors (Lipinski definition) is 2. The fraction of sp³-hybridized carbons (Fsp3) is 0.611. The van der Waals surface area contributed by atoms with E-state index in [-0.39, 0.29) is 6.04 Å². The Bertz CT molecular complexity index is 730. The van der Waals surface area contributed by atoms with E-state index in [0.29, 0.717) is 37.1 Å². The van der Waals surface area contributed by atoms with Crippen LogP contribution < -0.4 is 10.6 Å². The normalized spacial score (nSPS) is 18.3. The lowest BCUT2D eigenvalue weighted by Gasteiger charge is -2.32. The quantitative estimate of drug-likeness (QED) is 0.509. The van der Waals surface area contributed by atoms with Crippen LogP contribution in [0.4, 0.5) is 0 Å². The Morgan fingerprint density at radius 1 is 1.26 bits per heavy atom. The summed E-state index contributed by atoms with van der Waals surface area (Å²) < 4.78 is 32.9. The molecule has 1 heterocycles.